The largest absolute Gasteiger partial charge is 0.480 e. The predicted molar refractivity (Wildman–Crippen MR) is 61.4 cm³/mol. The lowest BCUT2D eigenvalue weighted by Gasteiger charge is -2.20. The zero-order chi connectivity index (χ0) is 11.4. The number of methoxy groups -OCH3 is 1. The normalized spacial score (nSPS) is 17.1. The third-order valence-corrected chi connectivity index (χ3v) is 3.33. The Morgan fingerprint density at radius 3 is 2.60 bits per heavy atom. The summed E-state index contributed by atoms with van der Waals surface area (Å²) in [5.74, 6) is 0.647. The number of aromatic nitrogens is 1. The lowest BCUT2D eigenvalue weighted by molar-refractivity contribution is 0.147. The van der Waals surface area contributed by atoms with Crippen molar-refractivity contribution in [1.29, 1.82) is 0 Å². The zero-order valence-electron chi connectivity index (χ0n) is 9.52. The molecule has 1 rings (SSSR count). The molecule has 0 amide bonds. The first-order chi connectivity index (χ1) is 7.04. The van der Waals surface area contributed by atoms with E-state index in [1.807, 2.05) is 19.9 Å². The quantitative estimate of drug-likeness (QED) is 0.806. The maximum Gasteiger partial charge on any atom is 0.225 e. The first-order valence-corrected chi connectivity index (χ1v) is 5.76. The molecule has 2 N–H and O–H groups in total. The van der Waals surface area contributed by atoms with Gasteiger partial charge in [-0.15, -0.1) is 0 Å². The highest BCUT2D eigenvalue weighted by atomic mass is 32.1. The molecule has 3 atom stereocenters. The monoisotopic (exact) mass is 230 g/mol. The molecule has 0 aromatic carbocycles. The van der Waals surface area contributed by atoms with E-state index in [1.165, 1.54) is 11.5 Å². The highest BCUT2D eigenvalue weighted by Gasteiger charge is 2.15. The summed E-state index contributed by atoms with van der Waals surface area (Å²) in [7, 11) is 1.61. The second-order valence-electron chi connectivity index (χ2n) is 3.69. The topological polar surface area (TPSA) is 54.4 Å². The van der Waals surface area contributed by atoms with Gasteiger partial charge >= 0.3 is 0 Å². The van der Waals surface area contributed by atoms with Crippen LogP contribution < -0.4 is 10.1 Å². The van der Waals surface area contributed by atoms with E-state index in [2.05, 4.69) is 9.69 Å². The minimum Gasteiger partial charge on any atom is -0.480 e. The van der Waals surface area contributed by atoms with Crippen LogP contribution in [0.2, 0.25) is 0 Å². The minimum absolute atomic E-state index is 0.0631. The molecule has 0 bridgehead atoms. The molecule has 0 aliphatic carbocycles. The summed E-state index contributed by atoms with van der Waals surface area (Å²) in [5, 5.41) is 12.7. The SMILES string of the molecule is COc1cc(C(C)NC(C)C(C)O)sn1. The van der Waals surface area contributed by atoms with Crippen molar-refractivity contribution in [3.05, 3.63) is 10.9 Å². The Labute approximate surface area is 94.4 Å². The maximum atomic E-state index is 9.37. The third kappa shape index (κ3) is 3.44. The Morgan fingerprint density at radius 2 is 2.13 bits per heavy atom. The molecule has 4 nitrogen and oxygen atoms in total. The Balaban J connectivity index is 2.56. The summed E-state index contributed by atoms with van der Waals surface area (Å²) < 4.78 is 9.14. The van der Waals surface area contributed by atoms with E-state index in [4.69, 9.17) is 4.74 Å². The fourth-order valence-corrected chi connectivity index (χ4v) is 1.89. The summed E-state index contributed by atoms with van der Waals surface area (Å²) in [6.07, 6.45) is -0.359. The number of nitrogens with one attached hydrogen (secondary N) is 1. The van der Waals surface area contributed by atoms with Crippen molar-refractivity contribution in [3.63, 3.8) is 0 Å². The van der Waals surface area contributed by atoms with Crippen LogP contribution in [-0.4, -0.2) is 28.7 Å². The molecule has 1 aromatic rings. The fourth-order valence-electron chi connectivity index (χ4n) is 1.19. The molecule has 0 aliphatic heterocycles. The Hall–Kier alpha value is -0.650. The molecule has 1 heterocycles. The van der Waals surface area contributed by atoms with Crippen LogP contribution in [0.25, 0.3) is 0 Å². The van der Waals surface area contributed by atoms with Crippen molar-refractivity contribution in [2.75, 3.05) is 7.11 Å². The van der Waals surface area contributed by atoms with Crippen molar-refractivity contribution in [3.8, 4) is 5.88 Å². The van der Waals surface area contributed by atoms with Crippen molar-refractivity contribution in [1.82, 2.24) is 9.69 Å². The van der Waals surface area contributed by atoms with Crippen molar-refractivity contribution in [2.24, 2.45) is 0 Å². The van der Waals surface area contributed by atoms with Crippen LogP contribution >= 0.6 is 11.5 Å². The number of ether oxygens (including phenoxy) is 1. The van der Waals surface area contributed by atoms with Gasteiger partial charge in [0, 0.05) is 23.0 Å². The standard InChI is InChI=1S/C10H18N2O2S/c1-6(8(3)13)11-7(2)9-5-10(14-4)12-15-9/h5-8,11,13H,1-4H3. The first kappa shape index (κ1) is 12.4. The summed E-state index contributed by atoms with van der Waals surface area (Å²) in [4.78, 5) is 1.11. The van der Waals surface area contributed by atoms with Gasteiger partial charge in [0.2, 0.25) is 5.88 Å². The molecule has 0 aliphatic rings. The van der Waals surface area contributed by atoms with E-state index < -0.39 is 0 Å². The highest BCUT2D eigenvalue weighted by molar-refractivity contribution is 7.06. The van der Waals surface area contributed by atoms with E-state index in [0.29, 0.717) is 5.88 Å². The Bertz CT molecular complexity index is 301. The number of rotatable bonds is 5. The fraction of sp³-hybridized carbons (Fsp3) is 0.700. The Kier molecular flexibility index (Phi) is 4.50. The van der Waals surface area contributed by atoms with Gasteiger partial charge in [-0.05, 0) is 32.3 Å². The molecule has 0 saturated carbocycles. The number of aliphatic hydroxyl groups excluding tert-OH is 1. The third-order valence-electron chi connectivity index (χ3n) is 2.38. The molecule has 86 valence electrons. The van der Waals surface area contributed by atoms with Crippen molar-refractivity contribution >= 4 is 11.5 Å². The molecular weight excluding hydrogens is 212 g/mol. The molecule has 0 fully saturated rings. The van der Waals surface area contributed by atoms with Gasteiger partial charge in [0.1, 0.15) is 0 Å². The molecule has 0 saturated heterocycles. The minimum atomic E-state index is -0.359. The lowest BCUT2D eigenvalue weighted by Crippen LogP contribution is -2.36. The number of hydrogen-bond donors (Lipinski definition) is 2. The van der Waals surface area contributed by atoms with Crippen LogP contribution in [-0.2, 0) is 0 Å². The maximum absolute atomic E-state index is 9.37. The van der Waals surface area contributed by atoms with Gasteiger partial charge in [-0.25, -0.2) is 0 Å². The Morgan fingerprint density at radius 1 is 1.47 bits per heavy atom. The molecule has 3 unspecified atom stereocenters. The molecular formula is C10H18N2O2S. The van der Waals surface area contributed by atoms with Crippen molar-refractivity contribution < 1.29 is 9.84 Å². The van der Waals surface area contributed by atoms with Gasteiger partial charge in [-0.2, -0.15) is 4.37 Å². The van der Waals surface area contributed by atoms with Gasteiger partial charge < -0.3 is 15.2 Å². The van der Waals surface area contributed by atoms with Gasteiger partial charge in [-0.1, -0.05) is 0 Å². The van der Waals surface area contributed by atoms with Crippen LogP contribution in [0.4, 0.5) is 0 Å². The zero-order valence-corrected chi connectivity index (χ0v) is 10.3. The smallest absolute Gasteiger partial charge is 0.225 e. The number of hydrogen-bond acceptors (Lipinski definition) is 5. The predicted octanol–water partition coefficient (Wildman–Crippen LogP) is 1.57. The van der Waals surface area contributed by atoms with Crippen LogP contribution in [0.3, 0.4) is 0 Å². The molecule has 0 spiro atoms. The average molecular weight is 230 g/mol. The summed E-state index contributed by atoms with van der Waals surface area (Å²) in [5.41, 5.74) is 0. The summed E-state index contributed by atoms with van der Waals surface area (Å²) in [6.45, 7) is 5.78. The van der Waals surface area contributed by atoms with Gasteiger partial charge in [0.15, 0.2) is 0 Å². The van der Waals surface area contributed by atoms with E-state index in [-0.39, 0.29) is 18.2 Å². The molecule has 15 heavy (non-hydrogen) atoms. The molecule has 1 aromatic heterocycles. The average Bonchev–Trinajstić information content (AvgIpc) is 2.65. The molecule has 5 heteroatoms. The van der Waals surface area contributed by atoms with Gasteiger partial charge in [-0.3, -0.25) is 0 Å². The van der Waals surface area contributed by atoms with Crippen LogP contribution in [0.15, 0.2) is 6.07 Å². The van der Waals surface area contributed by atoms with E-state index in [0.717, 1.165) is 4.88 Å². The summed E-state index contributed by atoms with van der Waals surface area (Å²) in [6, 6.07) is 2.15. The van der Waals surface area contributed by atoms with E-state index in [9.17, 15) is 5.11 Å². The number of aliphatic hydroxyl groups is 1. The van der Waals surface area contributed by atoms with Gasteiger partial charge in [0.05, 0.1) is 13.2 Å². The van der Waals surface area contributed by atoms with E-state index in [1.54, 1.807) is 14.0 Å². The lowest BCUT2D eigenvalue weighted by atomic mass is 10.1. The second kappa shape index (κ2) is 5.44. The first-order valence-electron chi connectivity index (χ1n) is 4.99. The summed E-state index contributed by atoms with van der Waals surface area (Å²) >= 11 is 1.42. The van der Waals surface area contributed by atoms with Crippen LogP contribution in [0, 0.1) is 0 Å². The second-order valence-corrected chi connectivity index (χ2v) is 4.53. The van der Waals surface area contributed by atoms with Gasteiger partial charge in [0.25, 0.3) is 0 Å². The highest BCUT2D eigenvalue weighted by Crippen LogP contribution is 2.23. The number of nitrogens with zero attached hydrogens (tertiary/aromatic N) is 1. The van der Waals surface area contributed by atoms with Crippen molar-refractivity contribution in [2.45, 2.75) is 39.0 Å². The molecule has 0 radical (unpaired) electrons. The van der Waals surface area contributed by atoms with Crippen LogP contribution in [0.5, 0.6) is 5.88 Å². The van der Waals surface area contributed by atoms with Crippen LogP contribution in [0.1, 0.15) is 31.7 Å². The van der Waals surface area contributed by atoms with E-state index >= 15 is 0 Å².